The maximum atomic E-state index is 10.8. The maximum Gasteiger partial charge on any atom is 0.320 e. The molecule has 1 unspecified atom stereocenters. The second-order valence-electron chi connectivity index (χ2n) is 3.83. The number of aliphatic carboxylic acids is 1. The quantitative estimate of drug-likeness (QED) is 0.669. The zero-order chi connectivity index (χ0) is 9.14. The lowest BCUT2D eigenvalue weighted by atomic mass is 9.79. The number of hydrogen-bond donors (Lipinski definition) is 2. The van der Waals surface area contributed by atoms with Crippen LogP contribution in [0.3, 0.4) is 0 Å². The average molecular weight is 171 g/mol. The van der Waals surface area contributed by atoms with E-state index in [1.54, 1.807) is 0 Å². The topological polar surface area (TPSA) is 49.3 Å². The predicted octanol–water partition coefficient (Wildman–Crippen LogP) is 1.24. The lowest BCUT2D eigenvalue weighted by molar-refractivity contribution is -0.142. The van der Waals surface area contributed by atoms with Crippen molar-refractivity contribution in [3.63, 3.8) is 0 Å². The van der Waals surface area contributed by atoms with Crippen molar-refractivity contribution < 1.29 is 9.90 Å². The minimum absolute atomic E-state index is 0.256. The predicted molar refractivity (Wildman–Crippen MR) is 47.0 cm³/mol. The summed E-state index contributed by atoms with van der Waals surface area (Å²) < 4.78 is 0. The Morgan fingerprint density at radius 2 is 2.08 bits per heavy atom. The SMILES string of the molecule is CC(C)NC(C(=O)O)C1CCC1. The van der Waals surface area contributed by atoms with Gasteiger partial charge in [-0.2, -0.15) is 0 Å². The third-order valence-electron chi connectivity index (χ3n) is 2.40. The van der Waals surface area contributed by atoms with Crippen molar-refractivity contribution in [2.24, 2.45) is 5.92 Å². The van der Waals surface area contributed by atoms with Crippen molar-refractivity contribution in [3.8, 4) is 0 Å². The second-order valence-corrected chi connectivity index (χ2v) is 3.83. The Morgan fingerprint density at radius 3 is 2.33 bits per heavy atom. The molecule has 3 nitrogen and oxygen atoms in total. The van der Waals surface area contributed by atoms with Crippen molar-refractivity contribution in [2.75, 3.05) is 0 Å². The molecule has 0 aromatic carbocycles. The molecular weight excluding hydrogens is 154 g/mol. The van der Waals surface area contributed by atoms with Crippen LogP contribution in [0.4, 0.5) is 0 Å². The molecule has 0 aliphatic heterocycles. The van der Waals surface area contributed by atoms with E-state index in [4.69, 9.17) is 5.11 Å². The van der Waals surface area contributed by atoms with E-state index in [1.807, 2.05) is 13.8 Å². The molecule has 1 atom stereocenters. The van der Waals surface area contributed by atoms with Crippen LogP contribution in [-0.4, -0.2) is 23.2 Å². The van der Waals surface area contributed by atoms with Gasteiger partial charge in [-0.1, -0.05) is 20.3 Å². The summed E-state index contributed by atoms with van der Waals surface area (Å²) in [6.45, 7) is 3.96. The molecule has 0 radical (unpaired) electrons. The van der Waals surface area contributed by atoms with Crippen molar-refractivity contribution in [3.05, 3.63) is 0 Å². The molecule has 0 amide bonds. The minimum Gasteiger partial charge on any atom is -0.480 e. The maximum absolute atomic E-state index is 10.8. The molecule has 1 aliphatic carbocycles. The van der Waals surface area contributed by atoms with Gasteiger partial charge in [-0.15, -0.1) is 0 Å². The third kappa shape index (κ3) is 2.21. The molecule has 1 aliphatic rings. The third-order valence-corrected chi connectivity index (χ3v) is 2.40. The number of carbonyl (C=O) groups is 1. The first kappa shape index (κ1) is 9.52. The number of rotatable bonds is 4. The van der Waals surface area contributed by atoms with E-state index in [0.29, 0.717) is 5.92 Å². The molecule has 0 bridgehead atoms. The van der Waals surface area contributed by atoms with Gasteiger partial charge in [0, 0.05) is 6.04 Å². The Bertz CT molecular complexity index is 164. The van der Waals surface area contributed by atoms with E-state index in [0.717, 1.165) is 12.8 Å². The molecule has 0 spiro atoms. The Labute approximate surface area is 73.2 Å². The number of hydrogen-bond acceptors (Lipinski definition) is 2. The summed E-state index contributed by atoms with van der Waals surface area (Å²) in [5, 5.41) is 12.0. The molecule has 12 heavy (non-hydrogen) atoms. The van der Waals surface area contributed by atoms with Gasteiger partial charge in [-0.25, -0.2) is 0 Å². The van der Waals surface area contributed by atoms with Gasteiger partial charge in [0.1, 0.15) is 6.04 Å². The summed E-state index contributed by atoms with van der Waals surface area (Å²) >= 11 is 0. The standard InChI is InChI=1S/C9H17NO2/c1-6(2)10-8(9(11)12)7-4-3-5-7/h6-8,10H,3-5H2,1-2H3,(H,11,12). The summed E-state index contributed by atoms with van der Waals surface area (Å²) in [4.78, 5) is 10.8. The smallest absolute Gasteiger partial charge is 0.320 e. The van der Waals surface area contributed by atoms with Crippen LogP contribution in [0.1, 0.15) is 33.1 Å². The van der Waals surface area contributed by atoms with E-state index >= 15 is 0 Å². The van der Waals surface area contributed by atoms with Crippen LogP contribution >= 0.6 is 0 Å². The molecule has 1 saturated carbocycles. The van der Waals surface area contributed by atoms with Crippen LogP contribution in [0.5, 0.6) is 0 Å². The van der Waals surface area contributed by atoms with Crippen LogP contribution < -0.4 is 5.32 Å². The van der Waals surface area contributed by atoms with Crippen LogP contribution in [-0.2, 0) is 4.79 Å². The summed E-state index contributed by atoms with van der Waals surface area (Å²) in [5.74, 6) is -0.335. The van der Waals surface area contributed by atoms with Gasteiger partial charge >= 0.3 is 5.97 Å². The molecule has 0 aromatic rings. The Kier molecular flexibility index (Phi) is 3.09. The highest BCUT2D eigenvalue weighted by atomic mass is 16.4. The lowest BCUT2D eigenvalue weighted by Gasteiger charge is -2.32. The van der Waals surface area contributed by atoms with Crippen LogP contribution in [0.15, 0.2) is 0 Å². The summed E-state index contributed by atoms with van der Waals surface area (Å²) in [6, 6.07) is -0.0644. The fraction of sp³-hybridized carbons (Fsp3) is 0.889. The fourth-order valence-corrected chi connectivity index (χ4v) is 1.54. The first-order valence-electron chi connectivity index (χ1n) is 4.60. The van der Waals surface area contributed by atoms with Crippen molar-refractivity contribution in [1.82, 2.24) is 5.32 Å². The molecule has 0 saturated heterocycles. The monoisotopic (exact) mass is 171 g/mol. The van der Waals surface area contributed by atoms with Gasteiger partial charge in [0.05, 0.1) is 0 Å². The largest absolute Gasteiger partial charge is 0.480 e. The summed E-state index contributed by atoms with van der Waals surface area (Å²) in [6.07, 6.45) is 3.32. The first-order chi connectivity index (χ1) is 5.61. The van der Waals surface area contributed by atoms with E-state index < -0.39 is 5.97 Å². The highest BCUT2D eigenvalue weighted by molar-refractivity contribution is 5.74. The Balaban J connectivity index is 2.42. The molecule has 0 aromatic heterocycles. The van der Waals surface area contributed by atoms with Gasteiger partial charge in [0.25, 0.3) is 0 Å². The zero-order valence-corrected chi connectivity index (χ0v) is 7.71. The van der Waals surface area contributed by atoms with Crippen molar-refractivity contribution in [2.45, 2.75) is 45.2 Å². The summed E-state index contributed by atoms with van der Waals surface area (Å²) in [5.41, 5.74) is 0. The van der Waals surface area contributed by atoms with Crippen LogP contribution in [0.2, 0.25) is 0 Å². The van der Waals surface area contributed by atoms with E-state index in [1.165, 1.54) is 6.42 Å². The number of carboxylic acid groups (broad SMARTS) is 1. The molecule has 1 fully saturated rings. The summed E-state index contributed by atoms with van der Waals surface area (Å²) in [7, 11) is 0. The zero-order valence-electron chi connectivity index (χ0n) is 7.71. The van der Waals surface area contributed by atoms with Crippen LogP contribution in [0.25, 0.3) is 0 Å². The Morgan fingerprint density at radius 1 is 1.50 bits per heavy atom. The lowest BCUT2D eigenvalue weighted by Crippen LogP contribution is -2.48. The van der Waals surface area contributed by atoms with Gasteiger partial charge in [-0.3, -0.25) is 4.79 Å². The van der Waals surface area contributed by atoms with Gasteiger partial charge in [0.2, 0.25) is 0 Å². The van der Waals surface area contributed by atoms with Crippen molar-refractivity contribution >= 4 is 5.97 Å². The molecule has 0 heterocycles. The highest BCUT2D eigenvalue weighted by Gasteiger charge is 2.32. The van der Waals surface area contributed by atoms with Gasteiger partial charge in [-0.05, 0) is 18.8 Å². The normalized spacial score (nSPS) is 20.6. The number of nitrogens with one attached hydrogen (secondary N) is 1. The van der Waals surface area contributed by atoms with E-state index in [2.05, 4.69) is 5.32 Å². The van der Waals surface area contributed by atoms with Crippen LogP contribution in [0, 0.1) is 5.92 Å². The second kappa shape index (κ2) is 3.90. The molecular formula is C9H17NO2. The van der Waals surface area contributed by atoms with Gasteiger partial charge < -0.3 is 10.4 Å². The van der Waals surface area contributed by atoms with E-state index in [-0.39, 0.29) is 12.1 Å². The molecule has 3 heteroatoms. The Hall–Kier alpha value is -0.570. The first-order valence-corrected chi connectivity index (χ1v) is 4.60. The van der Waals surface area contributed by atoms with E-state index in [9.17, 15) is 4.79 Å². The highest BCUT2D eigenvalue weighted by Crippen LogP contribution is 2.29. The number of carboxylic acids is 1. The molecule has 70 valence electrons. The van der Waals surface area contributed by atoms with Gasteiger partial charge in [0.15, 0.2) is 0 Å². The molecule has 1 rings (SSSR count). The minimum atomic E-state index is -0.701. The van der Waals surface area contributed by atoms with Crippen molar-refractivity contribution in [1.29, 1.82) is 0 Å². The average Bonchev–Trinajstić information content (AvgIpc) is 1.80. The molecule has 2 N–H and O–H groups in total. The fourth-order valence-electron chi connectivity index (χ4n) is 1.54.